The Morgan fingerprint density at radius 1 is 1.50 bits per heavy atom. The number of hydrogen-bond acceptors (Lipinski definition) is 2. The fraction of sp³-hybridized carbons (Fsp3) is 0.467. The van der Waals surface area contributed by atoms with Crippen LogP contribution in [0.2, 0.25) is 5.02 Å². The fourth-order valence-corrected chi connectivity index (χ4v) is 3.37. The van der Waals surface area contributed by atoms with Crippen LogP contribution in [0, 0.1) is 5.92 Å². The maximum absolute atomic E-state index is 11.1. The van der Waals surface area contributed by atoms with Crippen LogP contribution in [0.25, 0.3) is 11.0 Å². The van der Waals surface area contributed by atoms with Crippen LogP contribution < -0.4 is 0 Å². The van der Waals surface area contributed by atoms with E-state index < -0.39 is 5.97 Å². The Balaban J connectivity index is 2.01. The van der Waals surface area contributed by atoms with Gasteiger partial charge in [-0.2, -0.15) is 0 Å². The van der Waals surface area contributed by atoms with Crippen LogP contribution in [0.3, 0.4) is 0 Å². The van der Waals surface area contributed by atoms with E-state index in [2.05, 4.69) is 11.5 Å². The first-order valence-corrected chi connectivity index (χ1v) is 7.36. The van der Waals surface area contributed by atoms with Gasteiger partial charge < -0.3 is 9.67 Å². The first kappa shape index (κ1) is 13.4. The molecule has 3 rings (SSSR count). The third kappa shape index (κ3) is 2.18. The lowest BCUT2D eigenvalue weighted by Gasteiger charge is -2.12. The van der Waals surface area contributed by atoms with E-state index >= 15 is 0 Å². The molecule has 106 valence electrons. The highest BCUT2D eigenvalue weighted by Crippen LogP contribution is 2.39. The summed E-state index contributed by atoms with van der Waals surface area (Å²) in [4.78, 5) is 15.8. The Morgan fingerprint density at radius 2 is 2.30 bits per heavy atom. The molecular weight excluding hydrogens is 276 g/mol. The molecule has 2 unspecified atom stereocenters. The van der Waals surface area contributed by atoms with Crippen LogP contribution in [0.1, 0.15) is 37.9 Å². The van der Waals surface area contributed by atoms with Crippen molar-refractivity contribution in [1.29, 1.82) is 0 Å². The van der Waals surface area contributed by atoms with Crippen LogP contribution in [0.4, 0.5) is 0 Å². The highest BCUT2D eigenvalue weighted by Gasteiger charge is 2.33. The summed E-state index contributed by atoms with van der Waals surface area (Å²) in [6, 6.07) is 5.70. The fourth-order valence-electron chi connectivity index (χ4n) is 3.20. The number of benzene rings is 1. The van der Waals surface area contributed by atoms with E-state index in [0.717, 1.165) is 36.2 Å². The quantitative estimate of drug-likeness (QED) is 0.939. The van der Waals surface area contributed by atoms with Crippen molar-refractivity contribution in [2.24, 2.45) is 5.92 Å². The third-order valence-corrected chi connectivity index (χ3v) is 4.44. The van der Waals surface area contributed by atoms with Crippen molar-refractivity contribution >= 4 is 28.6 Å². The molecule has 0 saturated heterocycles. The smallest absolute Gasteiger partial charge is 0.306 e. The number of rotatable bonds is 3. The summed E-state index contributed by atoms with van der Waals surface area (Å²) in [5.74, 6) is 0.333. The Labute approximate surface area is 122 Å². The molecule has 0 amide bonds. The molecule has 0 aliphatic heterocycles. The van der Waals surface area contributed by atoms with Crippen molar-refractivity contribution in [2.45, 2.75) is 38.6 Å². The predicted molar refractivity (Wildman–Crippen MR) is 78.1 cm³/mol. The van der Waals surface area contributed by atoms with Gasteiger partial charge in [-0.05, 0) is 44.4 Å². The van der Waals surface area contributed by atoms with Gasteiger partial charge in [0, 0.05) is 17.5 Å². The first-order valence-electron chi connectivity index (χ1n) is 6.98. The molecule has 20 heavy (non-hydrogen) atoms. The zero-order chi connectivity index (χ0) is 14.3. The summed E-state index contributed by atoms with van der Waals surface area (Å²) < 4.78 is 2.16. The number of nitrogens with zero attached hydrogens (tertiary/aromatic N) is 2. The molecule has 0 bridgehead atoms. The molecule has 2 atom stereocenters. The predicted octanol–water partition coefficient (Wildman–Crippen LogP) is 3.68. The third-order valence-electron chi connectivity index (χ3n) is 4.20. The number of carboxylic acid groups (broad SMARTS) is 1. The standard InChI is InChI=1S/C15H17ClN2O2/c1-2-18-13-8-11(16)5-6-12(13)17-14(18)9-3-4-10(7-9)15(19)20/h5-6,8-10H,2-4,7H2,1H3,(H,19,20). The summed E-state index contributed by atoms with van der Waals surface area (Å²) in [6.07, 6.45) is 2.33. The molecule has 1 heterocycles. The molecule has 1 aliphatic rings. The molecule has 1 aromatic heterocycles. The lowest BCUT2D eigenvalue weighted by atomic mass is 10.0. The van der Waals surface area contributed by atoms with E-state index in [1.165, 1.54) is 0 Å². The zero-order valence-corrected chi connectivity index (χ0v) is 12.1. The van der Waals surface area contributed by atoms with Gasteiger partial charge in [-0.15, -0.1) is 0 Å². The molecule has 4 nitrogen and oxygen atoms in total. The van der Waals surface area contributed by atoms with E-state index in [-0.39, 0.29) is 11.8 Å². The Morgan fingerprint density at radius 3 is 2.95 bits per heavy atom. The highest BCUT2D eigenvalue weighted by molar-refractivity contribution is 6.31. The number of imidazole rings is 1. The molecule has 1 fully saturated rings. The van der Waals surface area contributed by atoms with Gasteiger partial charge >= 0.3 is 5.97 Å². The molecule has 1 aliphatic carbocycles. The first-order chi connectivity index (χ1) is 9.60. The second kappa shape index (κ2) is 5.09. The number of hydrogen-bond donors (Lipinski definition) is 1. The van der Waals surface area contributed by atoms with Gasteiger partial charge in [-0.3, -0.25) is 4.79 Å². The molecule has 5 heteroatoms. The minimum absolute atomic E-state index is 0.228. The molecule has 2 aromatic rings. The van der Waals surface area contributed by atoms with Crippen molar-refractivity contribution in [3.8, 4) is 0 Å². The van der Waals surface area contributed by atoms with Crippen molar-refractivity contribution in [2.75, 3.05) is 0 Å². The zero-order valence-electron chi connectivity index (χ0n) is 11.3. The Kier molecular flexibility index (Phi) is 3.42. The van der Waals surface area contributed by atoms with E-state index in [1.807, 2.05) is 18.2 Å². The van der Waals surface area contributed by atoms with Crippen LogP contribution in [0.15, 0.2) is 18.2 Å². The number of halogens is 1. The van der Waals surface area contributed by atoms with Gasteiger partial charge in [0.05, 0.1) is 17.0 Å². The van der Waals surface area contributed by atoms with E-state index in [1.54, 1.807) is 0 Å². The van der Waals surface area contributed by atoms with Crippen molar-refractivity contribution in [3.05, 3.63) is 29.0 Å². The topological polar surface area (TPSA) is 55.1 Å². The molecule has 1 N–H and O–H groups in total. The SMILES string of the molecule is CCn1c(C2CCC(C(=O)O)C2)nc2ccc(Cl)cc21. The molecular formula is C15H17ClN2O2. The van der Waals surface area contributed by atoms with Crippen LogP contribution in [-0.4, -0.2) is 20.6 Å². The van der Waals surface area contributed by atoms with Crippen molar-refractivity contribution < 1.29 is 9.90 Å². The van der Waals surface area contributed by atoms with Gasteiger partial charge in [-0.25, -0.2) is 4.98 Å². The van der Waals surface area contributed by atoms with Crippen LogP contribution in [-0.2, 0) is 11.3 Å². The largest absolute Gasteiger partial charge is 0.481 e. The number of carbonyl (C=O) groups is 1. The highest BCUT2D eigenvalue weighted by atomic mass is 35.5. The summed E-state index contributed by atoms with van der Waals surface area (Å²) in [5.41, 5.74) is 1.97. The number of aryl methyl sites for hydroxylation is 1. The van der Waals surface area contributed by atoms with E-state index in [9.17, 15) is 4.79 Å². The summed E-state index contributed by atoms with van der Waals surface area (Å²) in [7, 11) is 0. The average Bonchev–Trinajstić information content (AvgIpc) is 3.01. The Bertz CT molecular complexity index is 665. The van der Waals surface area contributed by atoms with E-state index in [4.69, 9.17) is 21.7 Å². The molecule has 1 aromatic carbocycles. The monoisotopic (exact) mass is 292 g/mol. The summed E-state index contributed by atoms with van der Waals surface area (Å²) in [5, 5.41) is 9.84. The number of aliphatic carboxylic acids is 1. The second-order valence-electron chi connectivity index (χ2n) is 5.39. The van der Waals surface area contributed by atoms with Gasteiger partial charge in [0.1, 0.15) is 5.82 Å². The average molecular weight is 293 g/mol. The normalized spacial score (nSPS) is 22.5. The second-order valence-corrected chi connectivity index (χ2v) is 5.83. The van der Waals surface area contributed by atoms with Gasteiger partial charge in [-0.1, -0.05) is 11.6 Å². The number of carboxylic acids is 1. The van der Waals surface area contributed by atoms with E-state index in [0.29, 0.717) is 11.4 Å². The van der Waals surface area contributed by atoms with Gasteiger partial charge in [0.15, 0.2) is 0 Å². The van der Waals surface area contributed by atoms with Gasteiger partial charge in [0.25, 0.3) is 0 Å². The minimum atomic E-state index is -0.685. The summed E-state index contributed by atoms with van der Waals surface area (Å²) >= 11 is 6.06. The maximum atomic E-state index is 11.1. The summed E-state index contributed by atoms with van der Waals surface area (Å²) in [6.45, 7) is 2.90. The van der Waals surface area contributed by atoms with Gasteiger partial charge in [0.2, 0.25) is 0 Å². The minimum Gasteiger partial charge on any atom is -0.481 e. The molecule has 0 spiro atoms. The van der Waals surface area contributed by atoms with Crippen LogP contribution in [0.5, 0.6) is 0 Å². The molecule has 1 saturated carbocycles. The lowest BCUT2D eigenvalue weighted by molar-refractivity contribution is -0.141. The number of fused-ring (bicyclic) bond motifs is 1. The van der Waals surface area contributed by atoms with Crippen molar-refractivity contribution in [3.63, 3.8) is 0 Å². The number of aromatic nitrogens is 2. The lowest BCUT2D eigenvalue weighted by Crippen LogP contribution is -2.11. The maximum Gasteiger partial charge on any atom is 0.306 e. The van der Waals surface area contributed by atoms with Crippen LogP contribution >= 0.6 is 11.6 Å². The molecule has 0 radical (unpaired) electrons. The Hall–Kier alpha value is -1.55. The van der Waals surface area contributed by atoms with Crippen molar-refractivity contribution in [1.82, 2.24) is 9.55 Å².